The smallest absolute Gasteiger partial charge is 0.240 e. The van der Waals surface area contributed by atoms with E-state index >= 15 is 0 Å². The zero-order valence-corrected chi connectivity index (χ0v) is 17.9. The van der Waals surface area contributed by atoms with Crippen molar-refractivity contribution in [3.05, 3.63) is 59.2 Å². The van der Waals surface area contributed by atoms with Crippen LogP contribution in [-0.2, 0) is 27.0 Å². The molecule has 1 heterocycles. The lowest BCUT2D eigenvalue weighted by molar-refractivity contribution is -0.118. The van der Waals surface area contributed by atoms with E-state index in [9.17, 15) is 13.2 Å². The van der Waals surface area contributed by atoms with Gasteiger partial charge in [0.15, 0.2) is 0 Å². The minimum atomic E-state index is -3.55. The second-order valence-electron chi connectivity index (χ2n) is 6.82. The fourth-order valence-electron chi connectivity index (χ4n) is 3.28. The van der Waals surface area contributed by atoms with Crippen LogP contribution in [0, 0.1) is 6.92 Å². The lowest BCUT2D eigenvalue weighted by Crippen LogP contribution is -2.28. The molecule has 1 N–H and O–H groups in total. The number of carbonyl (C=O) groups excluding carboxylic acids is 1. The quantitative estimate of drug-likeness (QED) is 0.666. The molecule has 0 atom stereocenters. The molecule has 1 amide bonds. The summed E-state index contributed by atoms with van der Waals surface area (Å²) in [4.78, 5) is 14.0. The van der Waals surface area contributed by atoms with Crippen molar-refractivity contribution in [2.75, 3.05) is 23.7 Å². The number of thioether (sulfide) groups is 1. The van der Waals surface area contributed by atoms with Crippen LogP contribution in [0.25, 0.3) is 0 Å². The molecular weight excluding hydrogens is 392 g/mol. The predicted octanol–water partition coefficient (Wildman–Crippen LogP) is 3.51. The van der Waals surface area contributed by atoms with Crippen LogP contribution in [-0.4, -0.2) is 33.2 Å². The average Bonchev–Trinajstić information content (AvgIpc) is 3.11. The van der Waals surface area contributed by atoms with E-state index in [-0.39, 0.29) is 10.8 Å². The molecule has 0 unspecified atom stereocenters. The lowest BCUT2D eigenvalue weighted by atomic mass is 10.1. The first-order valence-corrected chi connectivity index (χ1v) is 12.1. The molecule has 2 aromatic carbocycles. The van der Waals surface area contributed by atoms with Crippen LogP contribution in [0.3, 0.4) is 0 Å². The number of nitrogens with zero attached hydrogens (tertiary/aromatic N) is 1. The van der Waals surface area contributed by atoms with Gasteiger partial charge in [-0.3, -0.25) is 4.79 Å². The number of aryl methyl sites for hydroxylation is 1. The van der Waals surface area contributed by atoms with Gasteiger partial charge in [-0.15, -0.1) is 0 Å². The molecule has 0 saturated heterocycles. The number of nitrogens with one attached hydrogen (secondary N) is 1. The Hall–Kier alpha value is -1.83. The van der Waals surface area contributed by atoms with Crippen molar-refractivity contribution in [3.63, 3.8) is 0 Å². The number of hydrogen-bond acceptors (Lipinski definition) is 4. The Bertz CT molecular complexity index is 958. The average molecular weight is 419 g/mol. The molecule has 150 valence electrons. The van der Waals surface area contributed by atoms with Crippen LogP contribution >= 0.6 is 11.8 Å². The third-order valence-electron chi connectivity index (χ3n) is 4.92. The second-order valence-corrected chi connectivity index (χ2v) is 9.69. The predicted molar refractivity (Wildman–Crippen MR) is 115 cm³/mol. The fourth-order valence-corrected chi connectivity index (χ4v) is 5.43. The van der Waals surface area contributed by atoms with Crippen LogP contribution < -0.4 is 9.62 Å². The summed E-state index contributed by atoms with van der Waals surface area (Å²) in [6, 6.07) is 13.3. The maximum atomic E-state index is 12.6. The molecule has 1 aliphatic heterocycles. The summed E-state index contributed by atoms with van der Waals surface area (Å²) >= 11 is 1.71. The topological polar surface area (TPSA) is 66.5 Å². The highest BCUT2D eigenvalue weighted by Gasteiger charge is 2.25. The summed E-state index contributed by atoms with van der Waals surface area (Å²) in [5, 5.41) is 0. The van der Waals surface area contributed by atoms with Gasteiger partial charge < -0.3 is 4.90 Å². The van der Waals surface area contributed by atoms with Crippen LogP contribution in [0.5, 0.6) is 0 Å². The Kier molecular flexibility index (Phi) is 6.80. The number of rotatable bonds is 8. The van der Waals surface area contributed by atoms with E-state index < -0.39 is 10.0 Å². The summed E-state index contributed by atoms with van der Waals surface area (Å²) in [7, 11) is -3.55. The summed E-state index contributed by atoms with van der Waals surface area (Å²) in [5.41, 5.74) is 4.28. The van der Waals surface area contributed by atoms with Crippen molar-refractivity contribution < 1.29 is 13.2 Å². The number of amides is 1. The summed E-state index contributed by atoms with van der Waals surface area (Å²) in [6.45, 7) is 4.92. The molecule has 0 saturated carbocycles. The van der Waals surface area contributed by atoms with Gasteiger partial charge in [0.1, 0.15) is 0 Å². The van der Waals surface area contributed by atoms with Crippen molar-refractivity contribution in [1.82, 2.24) is 4.72 Å². The van der Waals surface area contributed by atoms with Crippen LogP contribution in [0.15, 0.2) is 47.4 Å². The van der Waals surface area contributed by atoms with Crippen LogP contribution in [0.1, 0.15) is 30.0 Å². The Balaban J connectivity index is 1.55. The molecule has 0 fully saturated rings. The molecular formula is C21H26N2O3S2. The summed E-state index contributed by atoms with van der Waals surface area (Å²) < 4.78 is 27.9. The Morgan fingerprint density at radius 1 is 1.21 bits per heavy atom. The van der Waals surface area contributed by atoms with Gasteiger partial charge in [-0.25, -0.2) is 13.1 Å². The van der Waals surface area contributed by atoms with Crippen molar-refractivity contribution >= 4 is 33.4 Å². The first kappa shape index (κ1) is 20.9. The van der Waals surface area contributed by atoms with Crippen molar-refractivity contribution in [3.8, 4) is 0 Å². The van der Waals surface area contributed by atoms with Gasteiger partial charge in [0.05, 0.1) is 4.90 Å². The number of sulfonamides is 1. The van der Waals surface area contributed by atoms with E-state index in [1.54, 1.807) is 34.9 Å². The number of benzene rings is 2. The number of fused-ring (bicyclic) bond motifs is 1. The van der Waals surface area contributed by atoms with Crippen LogP contribution in [0.2, 0.25) is 0 Å². The molecule has 1 aliphatic rings. The highest BCUT2D eigenvalue weighted by molar-refractivity contribution is 7.98. The van der Waals surface area contributed by atoms with Gasteiger partial charge in [0, 0.05) is 36.7 Å². The minimum Gasteiger partial charge on any atom is -0.312 e. The van der Waals surface area contributed by atoms with Gasteiger partial charge >= 0.3 is 0 Å². The molecule has 0 spiro atoms. The van der Waals surface area contributed by atoms with E-state index in [2.05, 4.69) is 23.8 Å². The van der Waals surface area contributed by atoms with Crippen molar-refractivity contribution in [2.24, 2.45) is 0 Å². The van der Waals surface area contributed by atoms with Gasteiger partial charge in [-0.05, 0) is 48.2 Å². The van der Waals surface area contributed by atoms with E-state index in [4.69, 9.17) is 0 Å². The monoisotopic (exact) mass is 418 g/mol. The zero-order valence-electron chi connectivity index (χ0n) is 16.3. The number of hydrogen-bond donors (Lipinski definition) is 1. The van der Waals surface area contributed by atoms with E-state index in [1.165, 1.54) is 11.1 Å². The maximum absolute atomic E-state index is 12.6. The van der Waals surface area contributed by atoms with Gasteiger partial charge in [0.2, 0.25) is 15.9 Å². The Morgan fingerprint density at radius 2 is 2.00 bits per heavy atom. The molecule has 3 rings (SSSR count). The molecule has 0 bridgehead atoms. The third kappa shape index (κ3) is 4.77. The molecule has 7 heteroatoms. The molecule has 28 heavy (non-hydrogen) atoms. The highest BCUT2D eigenvalue weighted by atomic mass is 32.2. The Morgan fingerprint density at radius 3 is 2.75 bits per heavy atom. The highest BCUT2D eigenvalue weighted by Crippen LogP contribution is 2.30. The first-order valence-electron chi connectivity index (χ1n) is 9.47. The first-order chi connectivity index (χ1) is 13.4. The summed E-state index contributed by atoms with van der Waals surface area (Å²) in [6.07, 6.45) is 1.14. The minimum absolute atomic E-state index is 0.0677. The maximum Gasteiger partial charge on any atom is 0.240 e. The third-order valence-corrected chi connectivity index (χ3v) is 7.38. The fraction of sp³-hybridized carbons (Fsp3) is 0.381. The normalized spacial score (nSPS) is 13.6. The largest absolute Gasteiger partial charge is 0.312 e. The number of carbonyl (C=O) groups is 1. The molecule has 0 aromatic heterocycles. The Labute approximate surface area is 171 Å². The summed E-state index contributed by atoms with van der Waals surface area (Å²) in [5.74, 6) is 1.64. The second kappa shape index (κ2) is 9.11. The van der Waals surface area contributed by atoms with Crippen molar-refractivity contribution in [1.29, 1.82) is 0 Å². The van der Waals surface area contributed by atoms with Crippen LogP contribution in [0.4, 0.5) is 5.69 Å². The van der Waals surface area contributed by atoms with Gasteiger partial charge in [0.25, 0.3) is 0 Å². The number of anilines is 1. The lowest BCUT2D eigenvalue weighted by Gasteiger charge is -2.16. The zero-order chi connectivity index (χ0) is 20.1. The molecule has 5 nitrogen and oxygen atoms in total. The van der Waals surface area contributed by atoms with Gasteiger partial charge in [-0.2, -0.15) is 11.8 Å². The van der Waals surface area contributed by atoms with Crippen molar-refractivity contribution in [2.45, 2.75) is 37.3 Å². The van der Waals surface area contributed by atoms with Gasteiger partial charge in [-0.1, -0.05) is 31.2 Å². The molecule has 0 radical (unpaired) electrons. The SMILES string of the molecule is CCC(=O)N1CCc2cc(S(=O)(=O)NCCSCc3ccccc3C)ccc21. The van der Waals surface area contributed by atoms with E-state index in [0.29, 0.717) is 31.7 Å². The standard InChI is InChI=1S/C21H26N2O3S2/c1-3-21(24)23-12-10-17-14-19(8-9-20(17)23)28(25,26)22-11-13-27-15-18-7-5-4-6-16(18)2/h4-9,14,22H,3,10-13,15H2,1-2H3. The molecule has 0 aliphatic carbocycles. The van der Waals surface area contributed by atoms with E-state index in [1.807, 2.05) is 19.1 Å². The molecule has 2 aromatic rings. The van der Waals surface area contributed by atoms with E-state index in [0.717, 1.165) is 17.0 Å².